The molecule has 0 heterocycles. The summed E-state index contributed by atoms with van der Waals surface area (Å²) in [5.41, 5.74) is 0. The molecule has 14 heavy (non-hydrogen) atoms. The van der Waals surface area contributed by atoms with E-state index in [0.29, 0.717) is 26.3 Å². The minimum atomic E-state index is 0.0151. The second-order valence-electron chi connectivity index (χ2n) is 2.82. The molecule has 0 rings (SSSR count). The lowest BCUT2D eigenvalue weighted by Crippen LogP contribution is -2.32. The van der Waals surface area contributed by atoms with E-state index in [0.717, 1.165) is 0 Å². The highest BCUT2D eigenvalue weighted by Gasteiger charge is 2.01. The number of hydrogen-bond acceptors (Lipinski definition) is 6. The molecule has 0 atom stereocenters. The molecule has 0 bridgehead atoms. The van der Waals surface area contributed by atoms with Crippen LogP contribution in [-0.2, 0) is 9.68 Å². The Morgan fingerprint density at radius 2 is 1.21 bits per heavy atom. The molecule has 0 saturated heterocycles. The zero-order valence-corrected chi connectivity index (χ0v) is 8.85. The number of nitrogens with zero attached hydrogens (tertiary/aromatic N) is 2. The lowest BCUT2D eigenvalue weighted by molar-refractivity contribution is -0.184. The highest BCUT2D eigenvalue weighted by molar-refractivity contribution is 4.42. The molecule has 0 aliphatic rings. The average Bonchev–Trinajstić information content (AvgIpc) is 2.20. The van der Waals surface area contributed by atoms with Crippen molar-refractivity contribution < 1.29 is 19.9 Å². The van der Waals surface area contributed by atoms with Crippen LogP contribution >= 0.6 is 0 Å². The minimum Gasteiger partial charge on any atom is -0.394 e. The molecule has 0 amide bonds. The molecule has 0 spiro atoms. The van der Waals surface area contributed by atoms with Crippen molar-refractivity contribution in [2.75, 3.05) is 53.6 Å². The largest absolute Gasteiger partial charge is 0.394 e. The van der Waals surface area contributed by atoms with Gasteiger partial charge in [-0.3, -0.25) is 9.68 Å². The maximum Gasteiger partial charge on any atom is 0.0916 e. The number of hydrogen-bond donors (Lipinski definition) is 2. The highest BCUT2D eigenvalue weighted by Crippen LogP contribution is 1.89. The van der Waals surface area contributed by atoms with Gasteiger partial charge in [-0.25, -0.2) is 0 Å². The number of aliphatic hydroxyl groups excluding tert-OH is 2. The van der Waals surface area contributed by atoms with Crippen LogP contribution in [-0.4, -0.2) is 74.0 Å². The van der Waals surface area contributed by atoms with Crippen molar-refractivity contribution >= 4 is 0 Å². The van der Waals surface area contributed by atoms with Gasteiger partial charge in [0.1, 0.15) is 0 Å². The second kappa shape index (κ2) is 9.32. The molecule has 86 valence electrons. The molecule has 0 aromatic carbocycles. The van der Waals surface area contributed by atoms with Gasteiger partial charge in [-0.05, 0) is 0 Å². The summed E-state index contributed by atoms with van der Waals surface area (Å²) in [7, 11) is 3.57. The summed E-state index contributed by atoms with van der Waals surface area (Å²) >= 11 is 0. The van der Waals surface area contributed by atoms with E-state index >= 15 is 0 Å². The quantitative estimate of drug-likeness (QED) is 0.459. The van der Waals surface area contributed by atoms with Crippen LogP contribution < -0.4 is 0 Å². The van der Waals surface area contributed by atoms with Crippen molar-refractivity contribution in [3.05, 3.63) is 0 Å². The van der Waals surface area contributed by atoms with E-state index in [1.807, 2.05) is 0 Å². The van der Waals surface area contributed by atoms with Crippen molar-refractivity contribution in [3.8, 4) is 0 Å². The zero-order chi connectivity index (χ0) is 10.8. The molecule has 0 aliphatic carbocycles. The summed E-state index contributed by atoms with van der Waals surface area (Å²) in [6, 6.07) is 0. The maximum absolute atomic E-state index is 8.49. The zero-order valence-electron chi connectivity index (χ0n) is 8.85. The Labute approximate surface area is 84.5 Å². The van der Waals surface area contributed by atoms with Crippen LogP contribution in [0.1, 0.15) is 0 Å². The molecule has 6 nitrogen and oxygen atoms in total. The standard InChI is InChI=1S/C8H20N2O4/c1-9(13-7-5-11)3-4-10(2)14-8-6-12/h11-12H,3-8H2,1-2H3. The van der Waals surface area contributed by atoms with Crippen LogP contribution in [0.25, 0.3) is 0 Å². The van der Waals surface area contributed by atoms with E-state index in [-0.39, 0.29) is 13.2 Å². The van der Waals surface area contributed by atoms with Crippen LogP contribution in [0.5, 0.6) is 0 Å². The van der Waals surface area contributed by atoms with Gasteiger partial charge in [0.25, 0.3) is 0 Å². The minimum absolute atomic E-state index is 0.0151. The molecule has 0 saturated carbocycles. The lowest BCUT2D eigenvalue weighted by atomic mass is 10.6. The fraction of sp³-hybridized carbons (Fsp3) is 1.00. The van der Waals surface area contributed by atoms with Crippen LogP contribution in [0.15, 0.2) is 0 Å². The third kappa shape index (κ3) is 8.36. The van der Waals surface area contributed by atoms with Gasteiger partial charge in [-0.2, -0.15) is 10.1 Å². The first-order chi connectivity index (χ1) is 6.70. The van der Waals surface area contributed by atoms with E-state index in [1.54, 1.807) is 24.2 Å². The van der Waals surface area contributed by atoms with Gasteiger partial charge < -0.3 is 10.2 Å². The predicted molar refractivity (Wildman–Crippen MR) is 51.3 cm³/mol. The van der Waals surface area contributed by atoms with Gasteiger partial charge in [0.2, 0.25) is 0 Å². The van der Waals surface area contributed by atoms with Gasteiger partial charge in [0.05, 0.1) is 26.4 Å². The molecule has 0 aliphatic heterocycles. The Morgan fingerprint density at radius 3 is 1.50 bits per heavy atom. The smallest absolute Gasteiger partial charge is 0.0916 e. The van der Waals surface area contributed by atoms with E-state index in [4.69, 9.17) is 19.9 Å². The predicted octanol–water partition coefficient (Wildman–Crippen LogP) is -1.30. The number of aliphatic hydroxyl groups is 2. The van der Waals surface area contributed by atoms with Crippen molar-refractivity contribution in [2.24, 2.45) is 0 Å². The fourth-order valence-corrected chi connectivity index (χ4v) is 0.804. The number of rotatable bonds is 9. The summed E-state index contributed by atoms with van der Waals surface area (Å²) in [5.74, 6) is 0. The molecule has 6 heteroatoms. The average molecular weight is 208 g/mol. The van der Waals surface area contributed by atoms with Crippen molar-refractivity contribution in [1.82, 2.24) is 10.1 Å². The highest BCUT2D eigenvalue weighted by atomic mass is 16.7. The third-order valence-electron chi connectivity index (χ3n) is 1.54. The summed E-state index contributed by atoms with van der Waals surface area (Å²) < 4.78 is 0. The second-order valence-corrected chi connectivity index (χ2v) is 2.82. The van der Waals surface area contributed by atoms with Crippen molar-refractivity contribution in [3.63, 3.8) is 0 Å². The first kappa shape index (κ1) is 13.8. The van der Waals surface area contributed by atoms with Gasteiger partial charge in [-0.1, -0.05) is 0 Å². The molecule has 0 aromatic rings. The molecule has 0 radical (unpaired) electrons. The third-order valence-corrected chi connectivity index (χ3v) is 1.54. The Balaban J connectivity index is 3.31. The monoisotopic (exact) mass is 208 g/mol. The maximum atomic E-state index is 8.49. The first-order valence-electron chi connectivity index (χ1n) is 4.60. The normalized spacial score (nSPS) is 11.6. The summed E-state index contributed by atoms with van der Waals surface area (Å²) in [6.07, 6.45) is 0. The topological polar surface area (TPSA) is 65.4 Å². The molecule has 0 aromatic heterocycles. The van der Waals surface area contributed by atoms with Crippen LogP contribution in [0, 0.1) is 0 Å². The van der Waals surface area contributed by atoms with E-state index < -0.39 is 0 Å². The molecular formula is C8H20N2O4. The van der Waals surface area contributed by atoms with Crippen LogP contribution in [0.2, 0.25) is 0 Å². The Bertz CT molecular complexity index is 112. The molecule has 2 N–H and O–H groups in total. The van der Waals surface area contributed by atoms with E-state index in [2.05, 4.69) is 0 Å². The Hall–Kier alpha value is -0.240. The molecular weight excluding hydrogens is 188 g/mol. The van der Waals surface area contributed by atoms with Crippen LogP contribution in [0.3, 0.4) is 0 Å². The fourth-order valence-electron chi connectivity index (χ4n) is 0.804. The van der Waals surface area contributed by atoms with Gasteiger partial charge in [-0.15, -0.1) is 0 Å². The van der Waals surface area contributed by atoms with E-state index in [9.17, 15) is 0 Å². The van der Waals surface area contributed by atoms with Crippen LogP contribution in [0.4, 0.5) is 0 Å². The molecule has 0 unspecified atom stereocenters. The number of likely N-dealkylation sites (N-methyl/N-ethyl adjacent to an activating group) is 2. The molecule has 0 fully saturated rings. The van der Waals surface area contributed by atoms with E-state index in [1.165, 1.54) is 0 Å². The van der Waals surface area contributed by atoms with Gasteiger partial charge in [0, 0.05) is 27.2 Å². The summed E-state index contributed by atoms with van der Waals surface area (Å²) in [6.45, 7) is 1.97. The van der Waals surface area contributed by atoms with Crippen molar-refractivity contribution in [1.29, 1.82) is 0 Å². The summed E-state index contributed by atoms with van der Waals surface area (Å²) in [4.78, 5) is 10.2. The van der Waals surface area contributed by atoms with Gasteiger partial charge in [0.15, 0.2) is 0 Å². The SMILES string of the molecule is CN(CCN(C)OCCO)OCCO. The summed E-state index contributed by atoms with van der Waals surface area (Å²) in [5, 5.41) is 20.3. The number of hydroxylamine groups is 4. The first-order valence-corrected chi connectivity index (χ1v) is 4.60. The lowest BCUT2D eigenvalue weighted by Gasteiger charge is -2.20. The Morgan fingerprint density at radius 1 is 0.857 bits per heavy atom. The van der Waals surface area contributed by atoms with Crippen molar-refractivity contribution in [2.45, 2.75) is 0 Å². The van der Waals surface area contributed by atoms with Gasteiger partial charge >= 0.3 is 0 Å². The Kier molecular flexibility index (Phi) is 9.16.